The molecule has 0 amide bonds. The van der Waals surface area contributed by atoms with E-state index in [-0.39, 0.29) is 5.41 Å². The average molecular weight is 435 g/mol. The molecule has 164 valence electrons. The number of aromatic carboxylic acids is 1. The van der Waals surface area contributed by atoms with Crippen molar-refractivity contribution in [1.82, 2.24) is 0 Å². The van der Waals surface area contributed by atoms with E-state index in [9.17, 15) is 9.90 Å². The molecule has 3 heteroatoms. The number of carboxylic acids is 1. The lowest BCUT2D eigenvalue weighted by Crippen LogP contribution is -2.22. The van der Waals surface area contributed by atoms with E-state index in [0.29, 0.717) is 5.56 Å². The standard InChI is InChI=1S/C30H26O3/c1-18-15-20(9-11-23(18)29(31)32)19(2)21-10-12-27-26(16-21)25(13-14-30(27,3)4)28-24-8-6-5-7-22(24)17-33-28/h5-13,15-17H,2,14H2,1,3-4H3,(H,31,32). The normalized spacial score (nSPS) is 14.6. The van der Waals surface area contributed by atoms with E-state index >= 15 is 0 Å². The van der Waals surface area contributed by atoms with Crippen molar-refractivity contribution < 1.29 is 14.3 Å². The fraction of sp³-hybridized carbons (Fsp3) is 0.167. The zero-order chi connectivity index (χ0) is 23.3. The van der Waals surface area contributed by atoms with Crippen LogP contribution in [0.1, 0.15) is 64.2 Å². The Balaban J connectivity index is 1.62. The van der Waals surface area contributed by atoms with Crippen LogP contribution in [0.15, 0.2) is 84.0 Å². The highest BCUT2D eigenvalue weighted by molar-refractivity contribution is 5.97. The number of allylic oxidation sites excluding steroid dienone is 1. The summed E-state index contributed by atoms with van der Waals surface area (Å²) in [6.45, 7) is 10.7. The highest BCUT2D eigenvalue weighted by Crippen LogP contribution is 2.44. The second-order valence-electron chi connectivity index (χ2n) is 9.43. The van der Waals surface area contributed by atoms with Gasteiger partial charge in [0.2, 0.25) is 0 Å². The molecule has 1 heterocycles. The molecule has 1 aliphatic carbocycles. The van der Waals surface area contributed by atoms with Gasteiger partial charge < -0.3 is 9.52 Å². The fourth-order valence-electron chi connectivity index (χ4n) is 4.80. The van der Waals surface area contributed by atoms with Gasteiger partial charge in [-0.05, 0) is 64.3 Å². The first-order valence-electron chi connectivity index (χ1n) is 11.1. The number of rotatable bonds is 4. The van der Waals surface area contributed by atoms with Crippen LogP contribution in [0.25, 0.3) is 21.9 Å². The van der Waals surface area contributed by atoms with Gasteiger partial charge >= 0.3 is 5.97 Å². The van der Waals surface area contributed by atoms with E-state index in [1.165, 1.54) is 5.56 Å². The molecule has 1 aromatic heterocycles. The highest BCUT2D eigenvalue weighted by atomic mass is 16.4. The molecule has 1 aliphatic rings. The molecular weight excluding hydrogens is 408 g/mol. The molecule has 0 aliphatic heterocycles. The maximum atomic E-state index is 11.4. The van der Waals surface area contributed by atoms with Crippen molar-refractivity contribution in [1.29, 1.82) is 0 Å². The summed E-state index contributed by atoms with van der Waals surface area (Å²) >= 11 is 0. The Hall–Kier alpha value is -3.85. The lowest BCUT2D eigenvalue weighted by molar-refractivity contribution is 0.0696. The molecule has 0 radical (unpaired) electrons. The Kier molecular flexibility index (Phi) is 4.86. The van der Waals surface area contributed by atoms with Crippen molar-refractivity contribution in [2.45, 2.75) is 32.6 Å². The summed E-state index contributed by atoms with van der Waals surface area (Å²) in [4.78, 5) is 11.4. The predicted octanol–water partition coefficient (Wildman–Crippen LogP) is 7.61. The zero-order valence-electron chi connectivity index (χ0n) is 19.1. The molecule has 0 saturated heterocycles. The van der Waals surface area contributed by atoms with Gasteiger partial charge in [-0.25, -0.2) is 4.79 Å². The average Bonchev–Trinajstić information content (AvgIpc) is 3.22. The topological polar surface area (TPSA) is 50.4 Å². The summed E-state index contributed by atoms with van der Waals surface area (Å²) in [6, 6.07) is 20.1. The fourth-order valence-corrected chi connectivity index (χ4v) is 4.80. The van der Waals surface area contributed by atoms with E-state index in [4.69, 9.17) is 4.42 Å². The molecule has 1 N–H and O–H groups in total. The number of carboxylic acid groups (broad SMARTS) is 1. The summed E-state index contributed by atoms with van der Waals surface area (Å²) < 4.78 is 6.07. The van der Waals surface area contributed by atoms with Crippen molar-refractivity contribution in [3.8, 4) is 0 Å². The van der Waals surface area contributed by atoms with Gasteiger partial charge in [-0.15, -0.1) is 0 Å². The number of benzene rings is 3. The number of hydrogen-bond acceptors (Lipinski definition) is 2. The van der Waals surface area contributed by atoms with E-state index < -0.39 is 5.97 Å². The molecule has 3 nitrogen and oxygen atoms in total. The highest BCUT2D eigenvalue weighted by Gasteiger charge is 2.30. The second-order valence-corrected chi connectivity index (χ2v) is 9.43. The second kappa shape index (κ2) is 7.63. The van der Waals surface area contributed by atoms with Gasteiger partial charge in [-0.3, -0.25) is 0 Å². The van der Waals surface area contributed by atoms with Crippen LogP contribution in [0, 0.1) is 6.92 Å². The molecule has 4 aromatic rings. The van der Waals surface area contributed by atoms with Gasteiger partial charge in [0.05, 0.1) is 11.8 Å². The third kappa shape index (κ3) is 3.50. The van der Waals surface area contributed by atoms with E-state index in [2.05, 4.69) is 56.8 Å². The molecule has 0 fully saturated rings. The van der Waals surface area contributed by atoms with Gasteiger partial charge in [0.1, 0.15) is 5.76 Å². The Morgan fingerprint density at radius 1 is 1.03 bits per heavy atom. The molecule has 0 atom stereocenters. The zero-order valence-corrected chi connectivity index (χ0v) is 19.1. The minimum absolute atomic E-state index is 0.0147. The molecular formula is C30H26O3. The predicted molar refractivity (Wildman–Crippen MR) is 134 cm³/mol. The third-order valence-corrected chi connectivity index (χ3v) is 6.76. The first kappa shape index (κ1) is 21.0. The maximum Gasteiger partial charge on any atom is 0.335 e. The van der Waals surface area contributed by atoms with Crippen LogP contribution in [-0.2, 0) is 5.41 Å². The number of carbonyl (C=O) groups is 1. The number of furan rings is 1. The van der Waals surface area contributed by atoms with E-state index in [0.717, 1.165) is 56.4 Å². The quantitative estimate of drug-likeness (QED) is 0.359. The van der Waals surface area contributed by atoms with Crippen molar-refractivity contribution in [2.75, 3.05) is 0 Å². The van der Waals surface area contributed by atoms with Crippen molar-refractivity contribution in [2.24, 2.45) is 0 Å². The summed E-state index contributed by atoms with van der Waals surface area (Å²) in [7, 11) is 0. The van der Waals surface area contributed by atoms with Gasteiger partial charge in [0.25, 0.3) is 0 Å². The van der Waals surface area contributed by atoms with Gasteiger partial charge in [0.15, 0.2) is 0 Å². The minimum Gasteiger partial charge on any atom is -0.478 e. The summed E-state index contributed by atoms with van der Waals surface area (Å²) in [6.07, 6.45) is 5.03. The van der Waals surface area contributed by atoms with E-state index in [1.54, 1.807) is 6.07 Å². The Labute approximate surface area is 193 Å². The molecule has 0 saturated carbocycles. The molecule has 0 spiro atoms. The van der Waals surface area contributed by atoms with Crippen LogP contribution >= 0.6 is 0 Å². The monoisotopic (exact) mass is 434 g/mol. The number of aryl methyl sites for hydroxylation is 1. The molecule has 3 aromatic carbocycles. The summed E-state index contributed by atoms with van der Waals surface area (Å²) in [5.74, 6) is -0.0205. The largest absolute Gasteiger partial charge is 0.478 e. The Morgan fingerprint density at radius 3 is 2.52 bits per heavy atom. The third-order valence-electron chi connectivity index (χ3n) is 6.76. The Bertz CT molecular complexity index is 1460. The SMILES string of the molecule is C=C(c1ccc(C(=O)O)c(C)c1)c1ccc2c(c1)C(c1occ3ccccc13)=CCC2(C)C. The molecule has 5 rings (SSSR count). The molecule has 0 bridgehead atoms. The van der Waals surface area contributed by atoms with Gasteiger partial charge in [0, 0.05) is 16.3 Å². The number of hydrogen-bond donors (Lipinski definition) is 1. The van der Waals surface area contributed by atoms with Crippen molar-refractivity contribution >= 4 is 27.9 Å². The van der Waals surface area contributed by atoms with Gasteiger partial charge in [-0.1, -0.05) is 75.0 Å². The summed E-state index contributed by atoms with van der Waals surface area (Å²) in [5, 5.41) is 11.6. The lowest BCUT2D eigenvalue weighted by Gasteiger charge is -2.32. The van der Waals surface area contributed by atoms with Crippen LogP contribution in [0.5, 0.6) is 0 Å². The lowest BCUT2D eigenvalue weighted by atomic mass is 9.72. The van der Waals surface area contributed by atoms with Gasteiger partial charge in [-0.2, -0.15) is 0 Å². The summed E-state index contributed by atoms with van der Waals surface area (Å²) in [5.41, 5.74) is 7.40. The van der Waals surface area contributed by atoms with Crippen LogP contribution in [0.3, 0.4) is 0 Å². The smallest absolute Gasteiger partial charge is 0.335 e. The molecule has 33 heavy (non-hydrogen) atoms. The minimum atomic E-state index is -0.916. The van der Waals surface area contributed by atoms with Crippen LogP contribution in [0.4, 0.5) is 0 Å². The van der Waals surface area contributed by atoms with Crippen LogP contribution < -0.4 is 0 Å². The first-order valence-corrected chi connectivity index (χ1v) is 11.1. The number of fused-ring (bicyclic) bond motifs is 2. The van der Waals surface area contributed by atoms with Crippen LogP contribution in [0.2, 0.25) is 0 Å². The first-order chi connectivity index (χ1) is 15.8. The molecule has 0 unspecified atom stereocenters. The van der Waals surface area contributed by atoms with Crippen molar-refractivity contribution in [3.05, 3.63) is 119 Å². The van der Waals surface area contributed by atoms with Crippen LogP contribution in [-0.4, -0.2) is 11.1 Å². The van der Waals surface area contributed by atoms with Crippen molar-refractivity contribution in [3.63, 3.8) is 0 Å². The maximum absolute atomic E-state index is 11.4. The Morgan fingerprint density at radius 2 is 1.76 bits per heavy atom. The van der Waals surface area contributed by atoms with E-state index in [1.807, 2.05) is 37.5 Å².